The number of nitrogens with zero attached hydrogens (tertiary/aromatic N) is 1. The molecule has 0 bridgehead atoms. The fourth-order valence-electron chi connectivity index (χ4n) is 2.73. The van der Waals surface area contributed by atoms with Crippen LogP contribution in [0.5, 0.6) is 0 Å². The second kappa shape index (κ2) is 6.76. The molecule has 0 saturated heterocycles. The Hall–Kier alpha value is -1.81. The first-order chi connectivity index (χ1) is 10.0. The van der Waals surface area contributed by atoms with Gasteiger partial charge in [0.2, 0.25) is 5.91 Å². The lowest BCUT2D eigenvalue weighted by atomic mass is 9.99. The van der Waals surface area contributed by atoms with E-state index in [4.69, 9.17) is 0 Å². The summed E-state index contributed by atoms with van der Waals surface area (Å²) in [5.74, 6) is -0.136. The average molecular weight is 288 g/mol. The molecule has 0 aromatic heterocycles. The average Bonchev–Trinajstić information content (AvgIpc) is 2.94. The molecule has 2 rings (SSSR count). The van der Waals surface area contributed by atoms with Crippen molar-refractivity contribution in [3.63, 3.8) is 0 Å². The van der Waals surface area contributed by atoms with Gasteiger partial charge < -0.3 is 15.3 Å². The van der Waals surface area contributed by atoms with Crippen LogP contribution in [0.3, 0.4) is 0 Å². The molecule has 0 heterocycles. The standard InChI is InChI=1S/C17H24N2O2/c1-19(2)15-8-5-14(6-9-15)7-10-16(21)18-17(13-20)11-3-4-12-17/h5-10,20H,3-4,11-13H2,1-2H3,(H,18,21). The third kappa shape index (κ3) is 4.08. The van der Waals surface area contributed by atoms with Crippen LogP contribution in [0.1, 0.15) is 31.2 Å². The van der Waals surface area contributed by atoms with E-state index in [1.165, 1.54) is 0 Å². The van der Waals surface area contributed by atoms with Gasteiger partial charge in [0.25, 0.3) is 0 Å². The molecule has 2 N–H and O–H groups in total. The van der Waals surface area contributed by atoms with Crippen molar-refractivity contribution in [2.24, 2.45) is 0 Å². The lowest BCUT2D eigenvalue weighted by Gasteiger charge is -2.27. The summed E-state index contributed by atoms with van der Waals surface area (Å²) in [6.45, 7) is 0.0180. The molecule has 1 aromatic carbocycles. The number of carbonyl (C=O) groups excluding carboxylic acids is 1. The molecule has 0 radical (unpaired) electrons. The fourth-order valence-corrected chi connectivity index (χ4v) is 2.73. The maximum atomic E-state index is 12.0. The molecule has 21 heavy (non-hydrogen) atoms. The van der Waals surface area contributed by atoms with E-state index in [0.717, 1.165) is 36.9 Å². The van der Waals surface area contributed by atoms with Crippen LogP contribution in [0.2, 0.25) is 0 Å². The second-order valence-electron chi connectivity index (χ2n) is 5.95. The lowest BCUT2D eigenvalue weighted by Crippen LogP contribution is -2.48. The van der Waals surface area contributed by atoms with Gasteiger partial charge in [-0.3, -0.25) is 4.79 Å². The van der Waals surface area contributed by atoms with E-state index in [2.05, 4.69) is 5.32 Å². The summed E-state index contributed by atoms with van der Waals surface area (Å²) in [4.78, 5) is 14.0. The molecule has 114 valence electrons. The van der Waals surface area contributed by atoms with Crippen molar-refractivity contribution < 1.29 is 9.90 Å². The Kier molecular flexibility index (Phi) is 5.02. The number of aliphatic hydroxyl groups is 1. The van der Waals surface area contributed by atoms with E-state index >= 15 is 0 Å². The van der Waals surface area contributed by atoms with E-state index in [-0.39, 0.29) is 12.5 Å². The van der Waals surface area contributed by atoms with Crippen LogP contribution in [0, 0.1) is 0 Å². The molecular formula is C17H24N2O2. The number of benzene rings is 1. The third-order valence-electron chi connectivity index (χ3n) is 4.09. The van der Waals surface area contributed by atoms with Crippen molar-refractivity contribution in [1.29, 1.82) is 0 Å². The maximum Gasteiger partial charge on any atom is 0.244 e. The summed E-state index contributed by atoms with van der Waals surface area (Å²) in [5, 5.41) is 12.4. The van der Waals surface area contributed by atoms with Crippen molar-refractivity contribution >= 4 is 17.7 Å². The molecule has 1 saturated carbocycles. The topological polar surface area (TPSA) is 52.6 Å². The summed E-state index contributed by atoms with van der Waals surface area (Å²) < 4.78 is 0. The Bertz CT molecular complexity index is 500. The van der Waals surface area contributed by atoms with Crippen molar-refractivity contribution in [1.82, 2.24) is 5.32 Å². The van der Waals surface area contributed by atoms with Gasteiger partial charge in [-0.1, -0.05) is 25.0 Å². The maximum absolute atomic E-state index is 12.0. The second-order valence-corrected chi connectivity index (χ2v) is 5.95. The van der Waals surface area contributed by atoms with Gasteiger partial charge in [-0.25, -0.2) is 0 Å². The summed E-state index contributed by atoms with van der Waals surface area (Å²) >= 11 is 0. The van der Waals surface area contributed by atoms with Crippen molar-refractivity contribution in [2.75, 3.05) is 25.6 Å². The van der Waals surface area contributed by atoms with E-state index in [9.17, 15) is 9.90 Å². The molecule has 4 heteroatoms. The summed E-state index contributed by atoms with van der Waals surface area (Å²) in [5.41, 5.74) is 1.71. The summed E-state index contributed by atoms with van der Waals surface area (Å²) in [7, 11) is 3.99. The van der Waals surface area contributed by atoms with Crippen molar-refractivity contribution in [3.05, 3.63) is 35.9 Å². The van der Waals surface area contributed by atoms with Gasteiger partial charge >= 0.3 is 0 Å². The zero-order valence-corrected chi connectivity index (χ0v) is 12.8. The number of nitrogens with one attached hydrogen (secondary N) is 1. The van der Waals surface area contributed by atoms with Crippen LogP contribution in [-0.4, -0.2) is 37.3 Å². The highest BCUT2D eigenvalue weighted by molar-refractivity contribution is 5.92. The van der Waals surface area contributed by atoms with Crippen LogP contribution >= 0.6 is 0 Å². The largest absolute Gasteiger partial charge is 0.394 e. The number of aliphatic hydroxyl groups excluding tert-OH is 1. The van der Waals surface area contributed by atoms with E-state index in [1.54, 1.807) is 12.2 Å². The summed E-state index contributed by atoms with van der Waals surface area (Å²) in [6, 6.07) is 8.00. The zero-order valence-electron chi connectivity index (χ0n) is 12.8. The molecule has 0 spiro atoms. The van der Waals surface area contributed by atoms with Gasteiger partial charge in [0.05, 0.1) is 12.1 Å². The van der Waals surface area contributed by atoms with Crippen LogP contribution in [0.4, 0.5) is 5.69 Å². The third-order valence-corrected chi connectivity index (χ3v) is 4.09. The number of amides is 1. The Labute approximate surface area is 126 Å². The molecule has 0 unspecified atom stereocenters. The highest BCUT2D eigenvalue weighted by Crippen LogP contribution is 2.29. The first kappa shape index (κ1) is 15.6. The molecular weight excluding hydrogens is 264 g/mol. The minimum atomic E-state index is -0.407. The first-order valence-corrected chi connectivity index (χ1v) is 7.43. The van der Waals surface area contributed by atoms with Crippen LogP contribution in [-0.2, 0) is 4.79 Å². The molecule has 0 atom stereocenters. The molecule has 4 nitrogen and oxygen atoms in total. The van der Waals surface area contributed by atoms with Gasteiger partial charge in [-0.2, -0.15) is 0 Å². The smallest absolute Gasteiger partial charge is 0.244 e. The molecule has 1 aromatic rings. The fraction of sp³-hybridized carbons (Fsp3) is 0.471. The van der Waals surface area contributed by atoms with Gasteiger partial charge in [-0.15, -0.1) is 0 Å². The Morgan fingerprint density at radius 1 is 1.29 bits per heavy atom. The van der Waals surface area contributed by atoms with Gasteiger partial charge in [0.15, 0.2) is 0 Å². The Morgan fingerprint density at radius 2 is 1.90 bits per heavy atom. The SMILES string of the molecule is CN(C)c1ccc(C=CC(=O)NC2(CO)CCCC2)cc1. The number of anilines is 1. The Morgan fingerprint density at radius 3 is 2.43 bits per heavy atom. The molecule has 0 aliphatic heterocycles. The zero-order chi connectivity index (χ0) is 15.3. The van der Waals surface area contributed by atoms with E-state index in [1.807, 2.05) is 43.3 Å². The normalized spacial score (nSPS) is 17.1. The predicted octanol–water partition coefficient (Wildman–Crippen LogP) is 2.19. The number of rotatable bonds is 5. The number of carbonyl (C=O) groups is 1. The van der Waals surface area contributed by atoms with Gasteiger partial charge in [0, 0.05) is 25.9 Å². The van der Waals surface area contributed by atoms with E-state index in [0.29, 0.717) is 0 Å². The number of hydrogen-bond acceptors (Lipinski definition) is 3. The predicted molar refractivity (Wildman–Crippen MR) is 86.2 cm³/mol. The molecule has 1 fully saturated rings. The molecule has 1 aliphatic carbocycles. The quantitative estimate of drug-likeness (QED) is 0.817. The minimum Gasteiger partial charge on any atom is -0.394 e. The van der Waals surface area contributed by atoms with Gasteiger partial charge in [-0.05, 0) is 36.6 Å². The summed E-state index contributed by atoms with van der Waals surface area (Å²) in [6.07, 6.45) is 7.20. The number of hydrogen-bond donors (Lipinski definition) is 2. The monoisotopic (exact) mass is 288 g/mol. The van der Waals surface area contributed by atoms with Crippen molar-refractivity contribution in [2.45, 2.75) is 31.2 Å². The minimum absolute atomic E-state index is 0.0180. The van der Waals surface area contributed by atoms with Crippen LogP contribution < -0.4 is 10.2 Å². The Balaban J connectivity index is 1.95. The highest BCUT2D eigenvalue weighted by Gasteiger charge is 2.33. The lowest BCUT2D eigenvalue weighted by molar-refractivity contribution is -0.118. The van der Waals surface area contributed by atoms with Gasteiger partial charge in [0.1, 0.15) is 0 Å². The molecule has 1 amide bonds. The molecule has 1 aliphatic rings. The van der Waals surface area contributed by atoms with Crippen molar-refractivity contribution in [3.8, 4) is 0 Å². The first-order valence-electron chi connectivity index (χ1n) is 7.43. The highest BCUT2D eigenvalue weighted by atomic mass is 16.3. The van der Waals surface area contributed by atoms with Crippen LogP contribution in [0.15, 0.2) is 30.3 Å². The van der Waals surface area contributed by atoms with Crippen LogP contribution in [0.25, 0.3) is 6.08 Å². The van der Waals surface area contributed by atoms with E-state index < -0.39 is 5.54 Å².